The number of hydrogen-bond donors (Lipinski definition) is 0. The van der Waals surface area contributed by atoms with Crippen molar-refractivity contribution in [3.63, 3.8) is 0 Å². The number of imide groups is 1. The van der Waals surface area contributed by atoms with E-state index in [1.54, 1.807) is 5.38 Å². The van der Waals surface area contributed by atoms with Crippen LogP contribution in [0, 0.1) is 0 Å². The SMILES string of the molecule is O=C(OCC(=O)N1CCOC1=O)c1csc(-c2ccccc2)n1. The van der Waals surface area contributed by atoms with Crippen molar-refractivity contribution in [1.82, 2.24) is 9.88 Å². The van der Waals surface area contributed by atoms with Crippen molar-refractivity contribution in [2.75, 3.05) is 19.8 Å². The van der Waals surface area contributed by atoms with E-state index in [0.29, 0.717) is 5.01 Å². The Bertz CT molecular complexity index is 743. The van der Waals surface area contributed by atoms with Crippen LogP contribution in [-0.2, 0) is 14.3 Å². The zero-order chi connectivity index (χ0) is 16.2. The van der Waals surface area contributed by atoms with Gasteiger partial charge in [-0.3, -0.25) is 4.79 Å². The number of amides is 2. The lowest BCUT2D eigenvalue weighted by molar-refractivity contribution is -0.131. The molecule has 2 heterocycles. The molecule has 2 amide bonds. The quantitative estimate of drug-likeness (QED) is 0.796. The number of thiazole rings is 1. The number of cyclic esters (lactones) is 1. The van der Waals surface area contributed by atoms with Gasteiger partial charge in [-0.2, -0.15) is 0 Å². The molecule has 0 spiro atoms. The second-order valence-electron chi connectivity index (χ2n) is 4.64. The third-order valence-corrected chi connectivity index (χ3v) is 4.01. The summed E-state index contributed by atoms with van der Waals surface area (Å²) in [4.78, 5) is 40.0. The normalized spacial score (nSPS) is 13.7. The van der Waals surface area contributed by atoms with Crippen molar-refractivity contribution in [2.45, 2.75) is 0 Å². The minimum atomic E-state index is -0.717. The van der Waals surface area contributed by atoms with Crippen LogP contribution in [0.1, 0.15) is 10.5 Å². The maximum Gasteiger partial charge on any atom is 0.416 e. The van der Waals surface area contributed by atoms with Crippen molar-refractivity contribution in [3.05, 3.63) is 41.4 Å². The third kappa shape index (κ3) is 3.37. The van der Waals surface area contributed by atoms with E-state index in [-0.39, 0.29) is 18.8 Å². The molecule has 1 aliphatic rings. The standard InChI is InChI=1S/C15H12N2O5S/c18-12(17-6-7-21-15(17)20)8-22-14(19)11-9-23-13(16-11)10-4-2-1-3-5-10/h1-5,9H,6-8H2. The van der Waals surface area contributed by atoms with Gasteiger partial charge in [-0.1, -0.05) is 30.3 Å². The summed E-state index contributed by atoms with van der Waals surface area (Å²) in [7, 11) is 0. The van der Waals surface area contributed by atoms with E-state index in [4.69, 9.17) is 4.74 Å². The molecule has 0 unspecified atom stereocenters. The van der Waals surface area contributed by atoms with Gasteiger partial charge in [0.25, 0.3) is 5.91 Å². The Kier molecular flexibility index (Phi) is 4.33. The van der Waals surface area contributed by atoms with Gasteiger partial charge in [0.15, 0.2) is 12.3 Å². The molecule has 7 nitrogen and oxygen atoms in total. The molecule has 1 aliphatic heterocycles. The summed E-state index contributed by atoms with van der Waals surface area (Å²) in [5.41, 5.74) is 1.03. The fourth-order valence-electron chi connectivity index (χ4n) is 1.98. The van der Waals surface area contributed by atoms with Gasteiger partial charge in [0.1, 0.15) is 11.6 Å². The lowest BCUT2D eigenvalue weighted by Crippen LogP contribution is -2.35. The first kappa shape index (κ1) is 15.2. The van der Waals surface area contributed by atoms with Crippen LogP contribution in [0.3, 0.4) is 0 Å². The molecule has 1 saturated heterocycles. The van der Waals surface area contributed by atoms with Gasteiger partial charge in [-0.15, -0.1) is 11.3 Å². The Hall–Kier alpha value is -2.74. The van der Waals surface area contributed by atoms with E-state index in [1.165, 1.54) is 11.3 Å². The molecule has 23 heavy (non-hydrogen) atoms. The molecule has 2 aromatic rings. The number of esters is 1. The Balaban J connectivity index is 1.60. The van der Waals surface area contributed by atoms with Crippen LogP contribution in [0.2, 0.25) is 0 Å². The van der Waals surface area contributed by atoms with Gasteiger partial charge < -0.3 is 9.47 Å². The number of carbonyl (C=O) groups excluding carboxylic acids is 3. The number of hydrogen-bond acceptors (Lipinski definition) is 7. The number of aromatic nitrogens is 1. The summed E-state index contributed by atoms with van der Waals surface area (Å²) in [5.74, 6) is -1.32. The molecule has 0 atom stereocenters. The smallest absolute Gasteiger partial charge is 0.416 e. The average Bonchev–Trinajstić information content (AvgIpc) is 3.22. The van der Waals surface area contributed by atoms with Crippen molar-refractivity contribution in [2.24, 2.45) is 0 Å². The summed E-state index contributed by atoms with van der Waals surface area (Å²) >= 11 is 1.31. The summed E-state index contributed by atoms with van der Waals surface area (Å²) in [6, 6.07) is 9.42. The fourth-order valence-corrected chi connectivity index (χ4v) is 2.78. The Morgan fingerprint density at radius 3 is 2.78 bits per heavy atom. The minimum absolute atomic E-state index is 0.130. The lowest BCUT2D eigenvalue weighted by atomic mass is 10.2. The molecule has 0 radical (unpaired) electrons. The van der Waals surface area contributed by atoms with Crippen molar-refractivity contribution in [3.8, 4) is 10.6 Å². The molecule has 0 saturated carbocycles. The topological polar surface area (TPSA) is 85.8 Å². The van der Waals surface area contributed by atoms with Gasteiger partial charge in [-0.25, -0.2) is 19.5 Å². The Morgan fingerprint density at radius 2 is 2.09 bits per heavy atom. The summed E-state index contributed by atoms with van der Waals surface area (Å²) < 4.78 is 9.55. The molecule has 1 aromatic carbocycles. The highest BCUT2D eigenvalue weighted by Gasteiger charge is 2.29. The van der Waals surface area contributed by atoms with Crippen molar-refractivity contribution < 1.29 is 23.9 Å². The van der Waals surface area contributed by atoms with E-state index in [0.717, 1.165) is 10.5 Å². The molecule has 118 valence electrons. The predicted octanol–water partition coefficient (Wildman–Crippen LogP) is 1.95. The second kappa shape index (κ2) is 6.57. The second-order valence-corrected chi connectivity index (χ2v) is 5.50. The van der Waals surface area contributed by atoms with Crippen LogP contribution in [0.4, 0.5) is 4.79 Å². The number of rotatable bonds is 4. The van der Waals surface area contributed by atoms with Crippen LogP contribution in [0.25, 0.3) is 10.6 Å². The predicted molar refractivity (Wildman–Crippen MR) is 80.9 cm³/mol. The van der Waals surface area contributed by atoms with E-state index < -0.39 is 24.6 Å². The van der Waals surface area contributed by atoms with Crippen LogP contribution in [-0.4, -0.2) is 47.6 Å². The van der Waals surface area contributed by atoms with Gasteiger partial charge in [-0.05, 0) is 0 Å². The van der Waals surface area contributed by atoms with Crippen molar-refractivity contribution >= 4 is 29.3 Å². The van der Waals surface area contributed by atoms with Gasteiger partial charge >= 0.3 is 12.1 Å². The highest BCUT2D eigenvalue weighted by molar-refractivity contribution is 7.13. The molecule has 3 rings (SSSR count). The van der Waals surface area contributed by atoms with E-state index in [2.05, 4.69) is 9.72 Å². The van der Waals surface area contributed by atoms with Gasteiger partial charge in [0.05, 0.1) is 6.54 Å². The van der Waals surface area contributed by atoms with Crippen LogP contribution in [0.5, 0.6) is 0 Å². The molecule has 0 bridgehead atoms. The molecule has 0 N–H and O–H groups in total. The lowest BCUT2D eigenvalue weighted by Gasteiger charge is -2.10. The third-order valence-electron chi connectivity index (χ3n) is 3.12. The number of benzene rings is 1. The first-order valence-electron chi connectivity index (χ1n) is 6.80. The Morgan fingerprint density at radius 1 is 1.30 bits per heavy atom. The number of carbonyl (C=O) groups is 3. The van der Waals surface area contributed by atoms with Crippen LogP contribution >= 0.6 is 11.3 Å². The van der Waals surface area contributed by atoms with E-state index in [9.17, 15) is 14.4 Å². The maximum absolute atomic E-state index is 11.9. The zero-order valence-corrected chi connectivity index (χ0v) is 12.7. The molecule has 8 heteroatoms. The summed E-state index contributed by atoms with van der Waals surface area (Å²) in [6.07, 6.45) is -0.717. The largest absolute Gasteiger partial charge is 0.451 e. The highest BCUT2D eigenvalue weighted by Crippen LogP contribution is 2.23. The van der Waals surface area contributed by atoms with Crippen LogP contribution < -0.4 is 0 Å². The first-order chi connectivity index (χ1) is 11.1. The molecule has 0 aliphatic carbocycles. The minimum Gasteiger partial charge on any atom is -0.451 e. The molecule has 1 aromatic heterocycles. The maximum atomic E-state index is 11.9. The number of ether oxygens (including phenoxy) is 2. The average molecular weight is 332 g/mol. The monoisotopic (exact) mass is 332 g/mol. The summed E-state index contributed by atoms with van der Waals surface area (Å²) in [6.45, 7) is -0.193. The van der Waals surface area contributed by atoms with E-state index >= 15 is 0 Å². The van der Waals surface area contributed by atoms with Crippen LogP contribution in [0.15, 0.2) is 35.7 Å². The van der Waals surface area contributed by atoms with Gasteiger partial charge in [0.2, 0.25) is 0 Å². The highest BCUT2D eigenvalue weighted by atomic mass is 32.1. The fraction of sp³-hybridized carbons (Fsp3) is 0.200. The molecular weight excluding hydrogens is 320 g/mol. The molecular formula is C15H12N2O5S. The number of nitrogens with zero attached hydrogens (tertiary/aromatic N) is 2. The van der Waals surface area contributed by atoms with Gasteiger partial charge in [0, 0.05) is 10.9 Å². The Labute approximate surface area is 135 Å². The zero-order valence-electron chi connectivity index (χ0n) is 11.9. The van der Waals surface area contributed by atoms with E-state index in [1.807, 2.05) is 30.3 Å². The molecule has 1 fully saturated rings. The first-order valence-corrected chi connectivity index (χ1v) is 7.68. The van der Waals surface area contributed by atoms with Crippen molar-refractivity contribution in [1.29, 1.82) is 0 Å². The summed E-state index contributed by atoms with van der Waals surface area (Å²) in [5, 5.41) is 2.26.